The van der Waals surface area contributed by atoms with Crippen LogP contribution in [0.25, 0.3) is 0 Å². The number of hydrogen-bond acceptors (Lipinski definition) is 0. The van der Waals surface area contributed by atoms with Crippen molar-refractivity contribution >= 4 is 0 Å². The van der Waals surface area contributed by atoms with E-state index in [1.807, 2.05) is 0 Å². The number of rotatable bonds is 0. The van der Waals surface area contributed by atoms with Gasteiger partial charge >= 0.3 is 0 Å². The second kappa shape index (κ2) is 29.0. The molecule has 0 aliphatic carbocycles. The zero-order chi connectivity index (χ0) is 0. The van der Waals surface area contributed by atoms with Crippen molar-refractivity contribution in [3.63, 3.8) is 0 Å². The predicted molar refractivity (Wildman–Crippen MR) is 0 cm³/mol. The summed E-state index contributed by atoms with van der Waals surface area (Å²) >= 11 is 0. The molecule has 0 saturated heterocycles. The van der Waals surface area contributed by atoms with Crippen LogP contribution in [0.5, 0.6) is 0 Å². The molecule has 1 radical (unpaired) electrons. The van der Waals surface area contributed by atoms with E-state index >= 15 is 0 Å². The van der Waals surface area contributed by atoms with Crippen molar-refractivity contribution in [2.45, 2.75) is 0 Å². The topological polar surface area (TPSA) is 0 Å². The summed E-state index contributed by atoms with van der Waals surface area (Å²) in [6.45, 7) is 0. The molecule has 0 fully saturated rings. The molecule has 0 unspecified atom stereocenters. The van der Waals surface area contributed by atoms with E-state index < -0.39 is 0 Å². The Morgan fingerprint density at radius 2 is 0.800 bits per heavy atom. The van der Waals surface area contributed by atoms with Gasteiger partial charge in [0.1, 0.15) is 0 Å². The molecule has 0 nitrogen and oxygen atoms in total. The average molecular weight is 290 g/mol. The van der Waals surface area contributed by atoms with Crippen LogP contribution in [0.4, 0.5) is 0 Å². The second-order valence-corrected chi connectivity index (χ2v) is 0. The van der Waals surface area contributed by atoms with E-state index in [4.69, 9.17) is 0 Å². The van der Waals surface area contributed by atoms with Gasteiger partial charge in [0.25, 0.3) is 0 Å². The van der Waals surface area contributed by atoms with E-state index in [0.717, 1.165) is 0 Å². The fraction of sp³-hybridized carbons (Fsp3) is 0. The first kappa shape index (κ1) is 45.6. The van der Waals surface area contributed by atoms with Crippen molar-refractivity contribution in [2.75, 3.05) is 0 Å². The van der Waals surface area contributed by atoms with Crippen LogP contribution in [0.1, 0.15) is 0 Å². The summed E-state index contributed by atoms with van der Waals surface area (Å²) < 4.78 is 0. The van der Waals surface area contributed by atoms with Gasteiger partial charge in [-0.1, -0.05) is 0 Å². The van der Waals surface area contributed by atoms with Gasteiger partial charge in [-0.05, 0) is 0 Å². The Hall–Kier alpha value is 2.83. The number of hydrogen-bond donors (Lipinski definition) is 0. The van der Waals surface area contributed by atoms with Gasteiger partial charge < -0.3 is 0 Å². The third kappa shape index (κ3) is 19.9. The minimum absolute atomic E-state index is 0. The molecule has 5 heteroatoms. The average Bonchev–Trinajstić information content (AvgIpc) is 0. The van der Waals surface area contributed by atoms with Crippen LogP contribution in [-0.4, -0.2) is 0 Å². The van der Waals surface area contributed by atoms with Crippen molar-refractivity contribution in [1.29, 1.82) is 0 Å². The Kier molecular flexibility index (Phi) is 264. The summed E-state index contributed by atoms with van der Waals surface area (Å²) in [5.41, 5.74) is 0. The van der Waals surface area contributed by atoms with Crippen LogP contribution >= 0.6 is 0 Å². The van der Waals surface area contributed by atoms with Crippen LogP contribution in [-0.2, 0) is 91.0 Å². The third-order valence-corrected chi connectivity index (χ3v) is 0. The minimum Gasteiger partial charge on any atom is 0 e. The van der Waals surface area contributed by atoms with Crippen LogP contribution in [0.3, 0.4) is 0 Å². The standard InChI is InChI=1S/Co.2Ni.Ti.Zn. The van der Waals surface area contributed by atoms with Gasteiger partial charge in [-0.15, -0.1) is 0 Å². The first-order chi connectivity index (χ1) is 0. The van der Waals surface area contributed by atoms with E-state index in [1.165, 1.54) is 0 Å². The van der Waals surface area contributed by atoms with E-state index in [1.54, 1.807) is 0 Å². The fourth-order valence-electron chi connectivity index (χ4n) is 0. The molecule has 0 rings (SSSR count). The molecule has 0 aliphatic rings. The van der Waals surface area contributed by atoms with E-state index in [2.05, 4.69) is 0 Å². The molecule has 0 aliphatic heterocycles. The molecular formula is CoNi2TiZn. The van der Waals surface area contributed by atoms with Gasteiger partial charge in [-0.2, -0.15) is 0 Å². The van der Waals surface area contributed by atoms with Crippen LogP contribution in [0.2, 0.25) is 0 Å². The summed E-state index contributed by atoms with van der Waals surface area (Å²) in [5, 5.41) is 0. The van der Waals surface area contributed by atoms with Gasteiger partial charge in [0, 0.05) is 91.0 Å². The molecule has 35 valence electrons. The zero-order valence-corrected chi connectivity index (χ0v) is 9.72. The minimum atomic E-state index is 0. The molecule has 0 saturated carbocycles. The van der Waals surface area contributed by atoms with Gasteiger partial charge in [-0.3, -0.25) is 0 Å². The molecule has 0 atom stereocenters. The largest absolute Gasteiger partial charge is 0 e. The van der Waals surface area contributed by atoms with Gasteiger partial charge in [0.15, 0.2) is 0 Å². The van der Waals surface area contributed by atoms with Crippen molar-refractivity contribution < 1.29 is 91.0 Å². The predicted octanol–water partition coefficient (Wildman–Crippen LogP) is -0.0125. The normalized spacial score (nSPS) is 0. The Morgan fingerprint density at radius 1 is 0.800 bits per heavy atom. The first-order valence-electron chi connectivity index (χ1n) is 0. The Balaban J connectivity index is 0. The van der Waals surface area contributed by atoms with Gasteiger partial charge in [-0.25, -0.2) is 0 Å². The van der Waals surface area contributed by atoms with Gasteiger partial charge in [0.2, 0.25) is 0 Å². The summed E-state index contributed by atoms with van der Waals surface area (Å²) in [6, 6.07) is 0. The molecular weight excluding hydrogens is 290 g/mol. The maximum atomic E-state index is 0. The maximum absolute atomic E-state index is 0. The van der Waals surface area contributed by atoms with E-state index in [9.17, 15) is 0 Å². The molecule has 0 aromatic heterocycles. The molecule has 0 bridgehead atoms. The monoisotopic (exact) mass is 287 g/mol. The van der Waals surface area contributed by atoms with Crippen molar-refractivity contribution in [3.05, 3.63) is 0 Å². The molecule has 5 heavy (non-hydrogen) atoms. The summed E-state index contributed by atoms with van der Waals surface area (Å²) in [4.78, 5) is 0. The molecule has 0 aromatic rings. The van der Waals surface area contributed by atoms with E-state index in [-0.39, 0.29) is 91.0 Å². The summed E-state index contributed by atoms with van der Waals surface area (Å²) in [5.74, 6) is 0. The van der Waals surface area contributed by atoms with Crippen LogP contribution < -0.4 is 0 Å². The smallest absolute Gasteiger partial charge is 0 e. The molecule has 0 spiro atoms. The molecule has 0 N–H and O–H groups in total. The van der Waals surface area contributed by atoms with Crippen LogP contribution in [0, 0.1) is 0 Å². The quantitative estimate of drug-likeness (QED) is 0.550. The van der Waals surface area contributed by atoms with Crippen LogP contribution in [0.15, 0.2) is 0 Å². The second-order valence-electron chi connectivity index (χ2n) is 0. The first-order valence-corrected chi connectivity index (χ1v) is 0. The SMILES string of the molecule is [Co].[Ni].[Ni].[Ti].[Zn]. The Bertz CT molecular complexity index is 9.61. The molecule has 0 aromatic carbocycles. The summed E-state index contributed by atoms with van der Waals surface area (Å²) in [6.07, 6.45) is 0. The van der Waals surface area contributed by atoms with Crippen molar-refractivity contribution in [2.24, 2.45) is 0 Å². The molecule has 0 amide bonds. The van der Waals surface area contributed by atoms with Gasteiger partial charge in [0.05, 0.1) is 0 Å². The zero-order valence-electron chi connectivity index (χ0n) is 2.17. The maximum Gasteiger partial charge on any atom is 0 e. The Morgan fingerprint density at radius 3 is 0.800 bits per heavy atom. The Labute approximate surface area is 89.7 Å². The molecule has 0 heterocycles. The van der Waals surface area contributed by atoms with Crippen molar-refractivity contribution in [1.82, 2.24) is 0 Å². The fourth-order valence-corrected chi connectivity index (χ4v) is 0. The van der Waals surface area contributed by atoms with E-state index in [0.29, 0.717) is 0 Å². The van der Waals surface area contributed by atoms with Crippen molar-refractivity contribution in [3.8, 4) is 0 Å². The summed E-state index contributed by atoms with van der Waals surface area (Å²) in [7, 11) is 0. The third-order valence-electron chi connectivity index (χ3n) is 0.